The van der Waals surface area contributed by atoms with E-state index < -0.39 is 15.8 Å². The van der Waals surface area contributed by atoms with Crippen LogP contribution in [0.1, 0.15) is 73.6 Å². The van der Waals surface area contributed by atoms with Gasteiger partial charge in [-0.15, -0.1) is 0 Å². The third kappa shape index (κ3) is 3.42. The predicted octanol–water partition coefficient (Wildman–Crippen LogP) is 3.60. The summed E-state index contributed by atoms with van der Waals surface area (Å²) in [6.07, 6.45) is 4.21. The molecular weight excluding hydrogens is 400 g/mol. The Bertz CT molecular complexity index is 996. The highest BCUT2D eigenvalue weighted by Gasteiger charge is 2.46. The van der Waals surface area contributed by atoms with E-state index in [2.05, 4.69) is 6.92 Å². The first-order chi connectivity index (χ1) is 14.2. The molecule has 2 aliphatic heterocycles. The molecule has 2 atom stereocenters. The van der Waals surface area contributed by atoms with Gasteiger partial charge in [0, 0.05) is 36.3 Å². The summed E-state index contributed by atoms with van der Waals surface area (Å²) in [5.41, 5.74) is 0.568. The maximum Gasteiger partial charge on any atom is 0.249 e. The number of Topliss-reactive ketones (excluding diaryl/α,β-unsaturated/α-hetero) is 2. The summed E-state index contributed by atoms with van der Waals surface area (Å²) in [6.45, 7) is 7.10. The summed E-state index contributed by atoms with van der Waals surface area (Å²) in [5.74, 6) is -0.384. The molecule has 0 saturated carbocycles. The number of allylic oxidation sites excluding steroid dienone is 2. The average molecular weight is 431 g/mol. The molecule has 0 amide bonds. The summed E-state index contributed by atoms with van der Waals surface area (Å²) in [7, 11) is -4.12. The molecule has 2 fully saturated rings. The molecular formula is C23H30N2O4S. The van der Waals surface area contributed by atoms with Gasteiger partial charge in [0.2, 0.25) is 21.6 Å². The van der Waals surface area contributed by atoms with Gasteiger partial charge in [0.15, 0.2) is 4.91 Å². The number of hydrogen-bond donors (Lipinski definition) is 0. The summed E-state index contributed by atoms with van der Waals surface area (Å²) in [5, 5.41) is 0. The Kier molecular flexibility index (Phi) is 5.62. The van der Waals surface area contributed by atoms with Crippen LogP contribution in [0, 0.1) is 5.92 Å². The van der Waals surface area contributed by atoms with Crippen LogP contribution in [0.2, 0.25) is 0 Å². The number of benzene rings is 1. The second-order valence-electron chi connectivity index (χ2n) is 9.02. The van der Waals surface area contributed by atoms with Crippen LogP contribution in [0.4, 0.5) is 0 Å². The van der Waals surface area contributed by atoms with E-state index in [1.54, 1.807) is 24.3 Å². The SMILES string of the molecule is CC1CCN(C2=C(S(=O)(=O)N3C(C)CCCC3C)C(=O)c3ccccc3C2=O)CC1. The first-order valence-corrected chi connectivity index (χ1v) is 12.4. The van der Waals surface area contributed by atoms with E-state index in [0.29, 0.717) is 24.6 Å². The number of carbonyl (C=O) groups is 2. The molecule has 2 heterocycles. The van der Waals surface area contributed by atoms with Crippen LogP contribution in [0.25, 0.3) is 0 Å². The zero-order valence-electron chi connectivity index (χ0n) is 17.9. The minimum Gasteiger partial charge on any atom is -0.367 e. The van der Waals surface area contributed by atoms with Crippen molar-refractivity contribution < 1.29 is 18.0 Å². The van der Waals surface area contributed by atoms with E-state index in [0.717, 1.165) is 32.1 Å². The van der Waals surface area contributed by atoms with E-state index in [1.807, 2.05) is 18.7 Å². The first kappa shape index (κ1) is 21.2. The lowest BCUT2D eigenvalue weighted by Crippen LogP contribution is -2.50. The van der Waals surface area contributed by atoms with Crippen LogP contribution in [-0.2, 0) is 10.0 Å². The smallest absolute Gasteiger partial charge is 0.249 e. The Morgan fingerprint density at radius 3 is 1.93 bits per heavy atom. The number of nitrogens with zero attached hydrogens (tertiary/aromatic N) is 2. The van der Waals surface area contributed by atoms with Crippen molar-refractivity contribution in [1.29, 1.82) is 0 Å². The van der Waals surface area contributed by atoms with Crippen LogP contribution in [0.5, 0.6) is 0 Å². The van der Waals surface area contributed by atoms with Crippen molar-refractivity contribution in [3.8, 4) is 0 Å². The fraction of sp³-hybridized carbons (Fsp3) is 0.565. The number of ketones is 2. The van der Waals surface area contributed by atoms with Crippen molar-refractivity contribution >= 4 is 21.6 Å². The fourth-order valence-electron chi connectivity index (χ4n) is 5.08. The number of rotatable bonds is 3. The Labute approximate surface area is 179 Å². The molecule has 0 radical (unpaired) electrons. The summed E-state index contributed by atoms with van der Waals surface area (Å²) >= 11 is 0. The monoisotopic (exact) mass is 430 g/mol. The van der Waals surface area contributed by atoms with Gasteiger partial charge in [0.25, 0.3) is 0 Å². The maximum absolute atomic E-state index is 13.9. The molecule has 6 nitrogen and oxygen atoms in total. The highest BCUT2D eigenvalue weighted by Crippen LogP contribution is 2.37. The molecule has 1 aromatic carbocycles. The standard InChI is InChI=1S/C23H30N2O4S/c1-15-11-13-24(14-12-15)20-21(26)18-9-4-5-10-19(18)22(27)23(20)30(28,29)25-16(2)7-6-8-17(25)3/h4-5,9-10,15-17H,6-8,11-14H2,1-3H3. The molecule has 1 aromatic rings. The molecule has 4 rings (SSSR count). The minimum absolute atomic E-state index is 0.0792. The number of carbonyl (C=O) groups excluding carboxylic acids is 2. The number of piperidine rings is 2. The van der Waals surface area contributed by atoms with Crippen LogP contribution >= 0.6 is 0 Å². The zero-order valence-corrected chi connectivity index (χ0v) is 18.7. The molecule has 0 bridgehead atoms. The third-order valence-electron chi connectivity index (χ3n) is 6.80. The second-order valence-corrected chi connectivity index (χ2v) is 10.8. The largest absolute Gasteiger partial charge is 0.367 e. The normalized spacial score (nSPS) is 26.8. The molecule has 3 aliphatic rings. The van der Waals surface area contributed by atoms with Crippen molar-refractivity contribution in [3.05, 3.63) is 46.0 Å². The van der Waals surface area contributed by atoms with Gasteiger partial charge in [-0.2, -0.15) is 4.31 Å². The Morgan fingerprint density at radius 2 is 1.37 bits per heavy atom. The van der Waals surface area contributed by atoms with Gasteiger partial charge in [-0.05, 0) is 45.4 Å². The molecule has 7 heteroatoms. The van der Waals surface area contributed by atoms with Crippen molar-refractivity contribution in [2.24, 2.45) is 5.92 Å². The molecule has 2 saturated heterocycles. The van der Waals surface area contributed by atoms with Crippen molar-refractivity contribution in [2.45, 2.75) is 65.0 Å². The van der Waals surface area contributed by atoms with Gasteiger partial charge in [-0.3, -0.25) is 9.59 Å². The lowest BCUT2D eigenvalue weighted by atomic mass is 9.90. The van der Waals surface area contributed by atoms with Crippen LogP contribution in [-0.4, -0.2) is 54.4 Å². The fourth-order valence-corrected chi connectivity index (χ4v) is 7.25. The summed E-state index contributed by atoms with van der Waals surface area (Å²) < 4.78 is 29.3. The van der Waals surface area contributed by atoms with Gasteiger partial charge >= 0.3 is 0 Å². The lowest BCUT2D eigenvalue weighted by Gasteiger charge is -2.40. The Balaban J connectivity index is 1.90. The maximum atomic E-state index is 13.9. The average Bonchev–Trinajstić information content (AvgIpc) is 2.71. The van der Waals surface area contributed by atoms with E-state index >= 15 is 0 Å². The van der Waals surface area contributed by atoms with E-state index in [9.17, 15) is 18.0 Å². The van der Waals surface area contributed by atoms with Crippen LogP contribution < -0.4 is 0 Å². The van der Waals surface area contributed by atoms with E-state index in [1.165, 1.54) is 4.31 Å². The van der Waals surface area contributed by atoms with Gasteiger partial charge in [-0.1, -0.05) is 37.6 Å². The Hall–Kier alpha value is -1.99. The molecule has 0 spiro atoms. The summed E-state index contributed by atoms with van der Waals surface area (Å²) in [4.78, 5) is 28.6. The molecule has 0 N–H and O–H groups in total. The predicted molar refractivity (Wildman–Crippen MR) is 116 cm³/mol. The number of hydrogen-bond acceptors (Lipinski definition) is 5. The first-order valence-electron chi connectivity index (χ1n) is 10.9. The molecule has 0 aromatic heterocycles. The lowest BCUT2D eigenvalue weighted by molar-refractivity contribution is 0.0931. The quantitative estimate of drug-likeness (QED) is 0.732. The van der Waals surface area contributed by atoms with Crippen molar-refractivity contribution in [2.75, 3.05) is 13.1 Å². The molecule has 1 aliphatic carbocycles. The van der Waals surface area contributed by atoms with Gasteiger partial charge < -0.3 is 4.90 Å². The van der Waals surface area contributed by atoms with Gasteiger partial charge in [-0.25, -0.2) is 8.42 Å². The second kappa shape index (κ2) is 7.93. The zero-order chi connectivity index (χ0) is 21.6. The van der Waals surface area contributed by atoms with E-state index in [4.69, 9.17) is 0 Å². The molecule has 30 heavy (non-hydrogen) atoms. The number of sulfonamides is 1. The third-order valence-corrected chi connectivity index (χ3v) is 8.97. The minimum atomic E-state index is -4.12. The molecule has 162 valence electrons. The summed E-state index contributed by atoms with van der Waals surface area (Å²) in [6, 6.07) is 6.17. The van der Waals surface area contributed by atoms with Crippen LogP contribution in [0.15, 0.2) is 34.9 Å². The number of fused-ring (bicyclic) bond motifs is 1. The van der Waals surface area contributed by atoms with Crippen molar-refractivity contribution in [1.82, 2.24) is 9.21 Å². The highest BCUT2D eigenvalue weighted by atomic mass is 32.2. The van der Waals surface area contributed by atoms with Crippen LogP contribution in [0.3, 0.4) is 0 Å². The Morgan fingerprint density at radius 1 is 0.833 bits per heavy atom. The topological polar surface area (TPSA) is 74.8 Å². The van der Waals surface area contributed by atoms with Gasteiger partial charge in [0.05, 0.1) is 0 Å². The highest BCUT2D eigenvalue weighted by molar-refractivity contribution is 7.94. The number of likely N-dealkylation sites (tertiary alicyclic amines) is 1. The van der Waals surface area contributed by atoms with Crippen molar-refractivity contribution in [3.63, 3.8) is 0 Å². The molecule has 2 unspecified atom stereocenters. The van der Waals surface area contributed by atoms with E-state index in [-0.39, 0.29) is 34.0 Å². The van der Waals surface area contributed by atoms with Gasteiger partial charge in [0.1, 0.15) is 5.70 Å².